The van der Waals surface area contributed by atoms with E-state index in [1.54, 1.807) is 6.07 Å². The summed E-state index contributed by atoms with van der Waals surface area (Å²) in [7, 11) is 1.37. The Kier molecular flexibility index (Phi) is 5.58. The van der Waals surface area contributed by atoms with E-state index in [1.807, 2.05) is 6.07 Å². The Morgan fingerprint density at radius 3 is 2.83 bits per heavy atom. The van der Waals surface area contributed by atoms with Gasteiger partial charge in [-0.2, -0.15) is 5.26 Å². The number of aliphatic imine (C=N–C) groups is 1. The summed E-state index contributed by atoms with van der Waals surface area (Å²) in [6.45, 7) is 0.0165. The largest absolute Gasteiger partial charge is 0.469 e. The topological polar surface area (TPSA) is 101 Å². The van der Waals surface area contributed by atoms with Gasteiger partial charge in [-0.15, -0.1) is 0 Å². The van der Waals surface area contributed by atoms with Crippen LogP contribution < -0.4 is 5.73 Å². The van der Waals surface area contributed by atoms with E-state index in [2.05, 4.69) is 9.98 Å². The first-order chi connectivity index (χ1) is 11.5. The fourth-order valence-electron chi connectivity index (χ4n) is 1.99. The van der Waals surface area contributed by atoms with Gasteiger partial charge in [-0.05, 0) is 23.8 Å². The third-order valence-corrected chi connectivity index (χ3v) is 3.27. The van der Waals surface area contributed by atoms with Crippen LogP contribution in [0.25, 0.3) is 0 Å². The van der Waals surface area contributed by atoms with Gasteiger partial charge >= 0.3 is 0 Å². The van der Waals surface area contributed by atoms with E-state index in [-0.39, 0.29) is 30.5 Å². The van der Waals surface area contributed by atoms with E-state index in [9.17, 15) is 9.18 Å². The number of hydrogen-bond donors (Lipinski definition) is 1. The van der Waals surface area contributed by atoms with Crippen molar-refractivity contribution in [2.24, 2.45) is 10.7 Å². The Labute approximate surface area is 138 Å². The van der Waals surface area contributed by atoms with Gasteiger partial charge in [-0.25, -0.2) is 9.38 Å². The molecular formula is C17H15FN4O2. The minimum absolute atomic E-state index is 0.0165. The molecule has 0 aliphatic carbocycles. The number of nitrogens with two attached hydrogens (primary N) is 1. The maximum absolute atomic E-state index is 13.8. The van der Waals surface area contributed by atoms with Crippen LogP contribution in [-0.4, -0.2) is 23.9 Å². The Hall–Kier alpha value is -3.27. The number of pyridine rings is 1. The summed E-state index contributed by atoms with van der Waals surface area (Å²) >= 11 is 0. The van der Waals surface area contributed by atoms with Crippen molar-refractivity contribution in [3.8, 4) is 6.07 Å². The van der Waals surface area contributed by atoms with Crippen LogP contribution in [0.4, 0.5) is 4.39 Å². The molecule has 7 heteroatoms. The average molecular weight is 326 g/mol. The first-order valence-corrected chi connectivity index (χ1v) is 7.04. The second-order valence-corrected chi connectivity index (χ2v) is 4.93. The van der Waals surface area contributed by atoms with E-state index >= 15 is 0 Å². The normalized spacial score (nSPS) is 11.0. The average Bonchev–Trinajstić information content (AvgIpc) is 2.61. The second kappa shape index (κ2) is 7.83. The number of methoxy groups -OCH3 is 1. The summed E-state index contributed by atoms with van der Waals surface area (Å²) in [4.78, 5) is 20.0. The van der Waals surface area contributed by atoms with Crippen molar-refractivity contribution in [1.82, 2.24) is 4.98 Å². The minimum atomic E-state index is -0.435. The maximum Gasteiger partial charge on any atom is 0.281 e. The Balaban J connectivity index is 2.14. The number of hydrogen-bond acceptors (Lipinski definition) is 5. The van der Waals surface area contributed by atoms with E-state index < -0.39 is 5.82 Å². The van der Waals surface area contributed by atoms with E-state index in [0.717, 1.165) is 0 Å². The van der Waals surface area contributed by atoms with Crippen LogP contribution in [0.15, 0.2) is 41.5 Å². The summed E-state index contributed by atoms with van der Waals surface area (Å²) in [5.74, 6) is -0.660. The summed E-state index contributed by atoms with van der Waals surface area (Å²) in [6, 6.07) is 9.28. The minimum Gasteiger partial charge on any atom is -0.469 e. The standard InChI is InChI=1S/C17H15FN4O2/c1-24-17(20)22-10-13-6-11(2-4-14(13)18)7-16(23)15-5-3-12(8-19)9-21-15/h2-6,9H,7,10H2,1H3,(H2,20,22). The highest BCUT2D eigenvalue weighted by Gasteiger charge is 2.11. The zero-order valence-corrected chi connectivity index (χ0v) is 13.0. The number of nitrogens with zero attached hydrogens (tertiary/aromatic N) is 3. The number of aromatic nitrogens is 1. The lowest BCUT2D eigenvalue weighted by Crippen LogP contribution is -2.14. The van der Waals surface area contributed by atoms with Crippen LogP contribution in [0.5, 0.6) is 0 Å². The van der Waals surface area contributed by atoms with Crippen molar-refractivity contribution in [1.29, 1.82) is 5.26 Å². The van der Waals surface area contributed by atoms with Gasteiger partial charge in [0.2, 0.25) is 0 Å². The molecule has 6 nitrogen and oxygen atoms in total. The molecule has 0 aliphatic heterocycles. The molecule has 0 spiro atoms. The molecule has 0 fully saturated rings. The molecule has 1 aromatic heterocycles. The molecule has 0 atom stereocenters. The van der Waals surface area contributed by atoms with Crippen molar-refractivity contribution >= 4 is 11.8 Å². The van der Waals surface area contributed by atoms with E-state index in [0.29, 0.717) is 16.7 Å². The van der Waals surface area contributed by atoms with Gasteiger partial charge < -0.3 is 10.5 Å². The van der Waals surface area contributed by atoms with Gasteiger partial charge in [0.15, 0.2) is 5.78 Å². The number of halogens is 1. The van der Waals surface area contributed by atoms with Gasteiger partial charge in [-0.1, -0.05) is 12.1 Å². The van der Waals surface area contributed by atoms with Crippen LogP contribution >= 0.6 is 0 Å². The number of benzene rings is 1. The molecule has 1 aromatic carbocycles. The molecule has 0 amide bonds. The monoisotopic (exact) mass is 326 g/mol. The SMILES string of the molecule is COC(N)=NCc1cc(CC(=O)c2ccc(C#N)cn2)ccc1F. The molecule has 0 unspecified atom stereocenters. The number of nitriles is 1. The third-order valence-electron chi connectivity index (χ3n) is 3.27. The summed E-state index contributed by atoms with van der Waals surface area (Å²) in [5.41, 5.74) is 6.99. The molecule has 2 aromatic rings. The van der Waals surface area contributed by atoms with Crippen molar-refractivity contribution in [3.63, 3.8) is 0 Å². The number of carbonyl (C=O) groups excluding carboxylic acids is 1. The molecule has 24 heavy (non-hydrogen) atoms. The number of amidine groups is 1. The lowest BCUT2D eigenvalue weighted by Gasteiger charge is -2.05. The third kappa shape index (κ3) is 4.36. The van der Waals surface area contributed by atoms with Gasteiger partial charge in [0.25, 0.3) is 6.02 Å². The van der Waals surface area contributed by atoms with Crippen LogP contribution in [0.2, 0.25) is 0 Å². The number of Topliss-reactive ketones (excluding diaryl/α,β-unsaturated/α-hetero) is 1. The van der Waals surface area contributed by atoms with Gasteiger partial charge in [0.05, 0.1) is 19.2 Å². The van der Waals surface area contributed by atoms with Crippen LogP contribution in [-0.2, 0) is 17.7 Å². The van der Waals surface area contributed by atoms with Crippen molar-refractivity contribution in [2.45, 2.75) is 13.0 Å². The fourth-order valence-corrected chi connectivity index (χ4v) is 1.99. The van der Waals surface area contributed by atoms with Crippen molar-refractivity contribution in [3.05, 3.63) is 64.7 Å². The first kappa shape index (κ1) is 17.1. The van der Waals surface area contributed by atoms with Crippen molar-refractivity contribution in [2.75, 3.05) is 7.11 Å². The van der Waals surface area contributed by atoms with Gasteiger partial charge in [0, 0.05) is 18.2 Å². The Morgan fingerprint density at radius 2 is 2.21 bits per heavy atom. The predicted octanol–water partition coefficient (Wildman–Crippen LogP) is 1.98. The fraction of sp³-hybridized carbons (Fsp3) is 0.176. The maximum atomic E-state index is 13.8. The summed E-state index contributed by atoms with van der Waals surface area (Å²) < 4.78 is 18.5. The highest BCUT2D eigenvalue weighted by molar-refractivity contribution is 5.95. The Bertz CT molecular complexity index is 810. The molecule has 0 saturated carbocycles. The van der Waals surface area contributed by atoms with E-state index in [4.69, 9.17) is 15.7 Å². The molecule has 0 saturated heterocycles. The Morgan fingerprint density at radius 1 is 1.42 bits per heavy atom. The molecule has 1 heterocycles. The lowest BCUT2D eigenvalue weighted by atomic mass is 10.0. The summed E-state index contributed by atoms with van der Waals surface area (Å²) in [6.07, 6.45) is 1.40. The van der Waals surface area contributed by atoms with Crippen LogP contribution in [0.3, 0.4) is 0 Å². The zero-order chi connectivity index (χ0) is 17.5. The smallest absolute Gasteiger partial charge is 0.281 e. The molecule has 0 bridgehead atoms. The number of ether oxygens (including phenoxy) is 1. The predicted molar refractivity (Wildman–Crippen MR) is 85.7 cm³/mol. The molecular weight excluding hydrogens is 311 g/mol. The molecule has 2 rings (SSSR count). The second-order valence-electron chi connectivity index (χ2n) is 4.93. The number of rotatable bonds is 5. The molecule has 2 N–H and O–H groups in total. The lowest BCUT2D eigenvalue weighted by molar-refractivity contribution is 0.0988. The first-order valence-electron chi connectivity index (χ1n) is 7.04. The molecule has 122 valence electrons. The van der Waals surface area contributed by atoms with Gasteiger partial charge in [-0.3, -0.25) is 9.78 Å². The highest BCUT2D eigenvalue weighted by Crippen LogP contribution is 2.14. The summed E-state index contributed by atoms with van der Waals surface area (Å²) in [5, 5.41) is 8.73. The molecule has 0 radical (unpaired) electrons. The van der Waals surface area contributed by atoms with Crippen molar-refractivity contribution < 1.29 is 13.9 Å². The molecule has 0 aliphatic rings. The van der Waals surface area contributed by atoms with E-state index in [1.165, 1.54) is 37.6 Å². The highest BCUT2D eigenvalue weighted by atomic mass is 19.1. The zero-order valence-electron chi connectivity index (χ0n) is 13.0. The number of carbonyl (C=O) groups is 1. The quantitative estimate of drug-likeness (QED) is 0.514. The van der Waals surface area contributed by atoms with Crippen LogP contribution in [0.1, 0.15) is 27.2 Å². The van der Waals surface area contributed by atoms with Gasteiger partial charge in [0.1, 0.15) is 17.6 Å². The number of ketones is 1. The van der Waals surface area contributed by atoms with Crippen LogP contribution in [0, 0.1) is 17.1 Å².